The monoisotopic (exact) mass is 216 g/mol. The highest BCUT2D eigenvalue weighted by atomic mass is 16.5. The molecule has 0 radical (unpaired) electrons. The van der Waals surface area contributed by atoms with E-state index in [-0.39, 0.29) is 24.1 Å². The van der Waals surface area contributed by atoms with Crippen molar-refractivity contribution in [2.45, 2.75) is 51.0 Å². The number of amides is 1. The molecular formula is C10H20N2O3. The molecule has 88 valence electrons. The predicted molar refractivity (Wildman–Crippen MR) is 56.2 cm³/mol. The molecular weight excluding hydrogens is 196 g/mol. The van der Waals surface area contributed by atoms with Gasteiger partial charge in [0.1, 0.15) is 6.10 Å². The number of aliphatic hydroxyl groups is 1. The first-order valence-corrected chi connectivity index (χ1v) is 5.36. The molecule has 5 nitrogen and oxygen atoms in total. The molecule has 0 bridgehead atoms. The van der Waals surface area contributed by atoms with Gasteiger partial charge in [-0.2, -0.15) is 0 Å². The van der Waals surface area contributed by atoms with E-state index in [2.05, 4.69) is 5.32 Å². The van der Waals surface area contributed by atoms with Crippen LogP contribution in [-0.4, -0.2) is 41.9 Å². The van der Waals surface area contributed by atoms with Gasteiger partial charge >= 0.3 is 0 Å². The molecule has 1 rings (SSSR count). The highest BCUT2D eigenvalue weighted by Gasteiger charge is 2.25. The fraction of sp³-hybridized carbons (Fsp3) is 0.900. The second kappa shape index (κ2) is 5.44. The standard InChI is InChI=1S/C10H20N2O3/c1-6(12-10(14)7(2)13)9-4-3-8(11)5-15-9/h6-9,13H,3-5,11H2,1-2H3,(H,12,14)/t6?,7?,8-,9+/m1/s1. The van der Waals surface area contributed by atoms with Gasteiger partial charge in [-0.3, -0.25) is 4.79 Å². The maximum absolute atomic E-state index is 11.2. The van der Waals surface area contributed by atoms with Crippen molar-refractivity contribution < 1.29 is 14.6 Å². The fourth-order valence-corrected chi connectivity index (χ4v) is 1.62. The highest BCUT2D eigenvalue weighted by Crippen LogP contribution is 2.15. The van der Waals surface area contributed by atoms with E-state index in [9.17, 15) is 4.79 Å². The molecule has 0 saturated carbocycles. The molecule has 2 unspecified atom stereocenters. The van der Waals surface area contributed by atoms with Crippen LogP contribution in [0.1, 0.15) is 26.7 Å². The van der Waals surface area contributed by atoms with Crippen molar-refractivity contribution in [2.75, 3.05) is 6.61 Å². The van der Waals surface area contributed by atoms with Crippen molar-refractivity contribution in [1.29, 1.82) is 0 Å². The minimum atomic E-state index is -0.974. The summed E-state index contributed by atoms with van der Waals surface area (Å²) in [6.45, 7) is 3.86. The molecule has 1 saturated heterocycles. The van der Waals surface area contributed by atoms with Crippen molar-refractivity contribution in [2.24, 2.45) is 5.73 Å². The third-order valence-corrected chi connectivity index (χ3v) is 2.65. The molecule has 1 heterocycles. The molecule has 0 aromatic heterocycles. The number of hydrogen-bond acceptors (Lipinski definition) is 4. The van der Waals surface area contributed by atoms with Gasteiger partial charge in [-0.25, -0.2) is 0 Å². The molecule has 1 amide bonds. The summed E-state index contributed by atoms with van der Waals surface area (Å²) >= 11 is 0. The Balaban J connectivity index is 2.34. The summed E-state index contributed by atoms with van der Waals surface area (Å²) < 4.78 is 5.51. The minimum Gasteiger partial charge on any atom is -0.384 e. The first kappa shape index (κ1) is 12.4. The number of aliphatic hydroxyl groups excluding tert-OH is 1. The Kier molecular flexibility index (Phi) is 4.50. The molecule has 4 atom stereocenters. The quantitative estimate of drug-likeness (QED) is 0.587. The number of carbonyl (C=O) groups is 1. The maximum Gasteiger partial charge on any atom is 0.248 e. The van der Waals surface area contributed by atoms with Crippen molar-refractivity contribution in [3.8, 4) is 0 Å². The SMILES string of the molecule is CC(O)C(=O)NC(C)[C@@H]1CC[C@@H](N)CO1. The van der Waals surface area contributed by atoms with Crippen LogP contribution in [0.2, 0.25) is 0 Å². The van der Waals surface area contributed by atoms with Gasteiger partial charge in [-0.15, -0.1) is 0 Å². The molecule has 1 aliphatic heterocycles. The van der Waals surface area contributed by atoms with E-state index < -0.39 is 6.10 Å². The molecule has 15 heavy (non-hydrogen) atoms. The van der Waals surface area contributed by atoms with Crippen LogP contribution in [0.4, 0.5) is 0 Å². The van der Waals surface area contributed by atoms with E-state index >= 15 is 0 Å². The van der Waals surface area contributed by atoms with Gasteiger partial charge in [0.25, 0.3) is 0 Å². The molecule has 1 aliphatic rings. The van der Waals surface area contributed by atoms with E-state index in [0.29, 0.717) is 6.61 Å². The predicted octanol–water partition coefficient (Wildman–Crippen LogP) is -0.622. The molecule has 0 aliphatic carbocycles. The third kappa shape index (κ3) is 3.77. The van der Waals surface area contributed by atoms with Gasteiger partial charge in [0.2, 0.25) is 5.91 Å². The van der Waals surface area contributed by atoms with E-state index in [0.717, 1.165) is 12.8 Å². The van der Waals surface area contributed by atoms with Crippen LogP contribution < -0.4 is 11.1 Å². The Morgan fingerprint density at radius 3 is 2.67 bits per heavy atom. The average Bonchev–Trinajstić information content (AvgIpc) is 2.18. The Morgan fingerprint density at radius 2 is 2.20 bits per heavy atom. The van der Waals surface area contributed by atoms with Crippen LogP contribution >= 0.6 is 0 Å². The van der Waals surface area contributed by atoms with Crippen molar-refractivity contribution in [3.05, 3.63) is 0 Å². The second-order valence-electron chi connectivity index (χ2n) is 4.18. The molecule has 0 spiro atoms. The summed E-state index contributed by atoms with van der Waals surface area (Å²) in [6.07, 6.45) is 0.799. The van der Waals surface area contributed by atoms with E-state index in [4.69, 9.17) is 15.6 Å². The normalized spacial score (nSPS) is 30.7. The summed E-state index contributed by atoms with van der Waals surface area (Å²) in [6, 6.07) is 0.0283. The number of nitrogens with two attached hydrogens (primary N) is 1. The largest absolute Gasteiger partial charge is 0.384 e. The number of nitrogens with one attached hydrogen (secondary N) is 1. The summed E-state index contributed by atoms with van der Waals surface area (Å²) in [5.74, 6) is -0.360. The Hall–Kier alpha value is -0.650. The summed E-state index contributed by atoms with van der Waals surface area (Å²) in [5, 5.41) is 11.7. The number of ether oxygens (including phenoxy) is 1. The van der Waals surface area contributed by atoms with Gasteiger partial charge in [0.05, 0.1) is 18.8 Å². The molecule has 0 aromatic carbocycles. The van der Waals surface area contributed by atoms with Crippen molar-refractivity contribution >= 4 is 5.91 Å². The lowest BCUT2D eigenvalue weighted by atomic mass is 10.0. The summed E-state index contributed by atoms with van der Waals surface area (Å²) in [4.78, 5) is 11.2. The zero-order chi connectivity index (χ0) is 11.4. The Morgan fingerprint density at radius 1 is 1.53 bits per heavy atom. The molecule has 0 aromatic rings. The van der Waals surface area contributed by atoms with E-state index in [1.165, 1.54) is 6.92 Å². The van der Waals surface area contributed by atoms with Gasteiger partial charge in [-0.05, 0) is 26.7 Å². The second-order valence-corrected chi connectivity index (χ2v) is 4.18. The van der Waals surface area contributed by atoms with Crippen molar-refractivity contribution in [3.63, 3.8) is 0 Å². The topological polar surface area (TPSA) is 84.6 Å². The van der Waals surface area contributed by atoms with E-state index in [1.807, 2.05) is 6.92 Å². The maximum atomic E-state index is 11.2. The average molecular weight is 216 g/mol. The van der Waals surface area contributed by atoms with Crippen LogP contribution in [0.15, 0.2) is 0 Å². The molecule has 5 heteroatoms. The third-order valence-electron chi connectivity index (χ3n) is 2.65. The number of rotatable bonds is 3. The van der Waals surface area contributed by atoms with Gasteiger partial charge in [-0.1, -0.05) is 0 Å². The highest BCUT2D eigenvalue weighted by molar-refractivity contribution is 5.80. The molecule has 1 fully saturated rings. The first-order chi connectivity index (χ1) is 7.00. The smallest absolute Gasteiger partial charge is 0.248 e. The van der Waals surface area contributed by atoms with Gasteiger partial charge in [0, 0.05) is 6.04 Å². The minimum absolute atomic E-state index is 0.00694. The summed E-state index contributed by atoms with van der Waals surface area (Å²) in [7, 11) is 0. The van der Waals surface area contributed by atoms with Crippen LogP contribution in [0.25, 0.3) is 0 Å². The number of carbonyl (C=O) groups excluding carboxylic acids is 1. The van der Waals surface area contributed by atoms with Gasteiger partial charge < -0.3 is 20.9 Å². The van der Waals surface area contributed by atoms with Crippen LogP contribution in [0.3, 0.4) is 0 Å². The van der Waals surface area contributed by atoms with Gasteiger partial charge in [0.15, 0.2) is 0 Å². The zero-order valence-electron chi connectivity index (χ0n) is 9.27. The zero-order valence-corrected chi connectivity index (χ0v) is 9.27. The first-order valence-electron chi connectivity index (χ1n) is 5.36. The van der Waals surface area contributed by atoms with Crippen LogP contribution in [0.5, 0.6) is 0 Å². The fourth-order valence-electron chi connectivity index (χ4n) is 1.62. The van der Waals surface area contributed by atoms with Crippen LogP contribution in [-0.2, 0) is 9.53 Å². The Bertz CT molecular complexity index is 213. The lowest BCUT2D eigenvalue weighted by molar-refractivity contribution is -0.130. The molecule has 4 N–H and O–H groups in total. The summed E-state index contributed by atoms with van der Waals surface area (Å²) in [5.41, 5.74) is 5.69. The Labute approximate surface area is 90.0 Å². The number of hydrogen-bond donors (Lipinski definition) is 3. The van der Waals surface area contributed by atoms with Crippen LogP contribution in [0, 0.1) is 0 Å². The van der Waals surface area contributed by atoms with E-state index in [1.54, 1.807) is 0 Å². The van der Waals surface area contributed by atoms with Crippen molar-refractivity contribution in [1.82, 2.24) is 5.32 Å². The lowest BCUT2D eigenvalue weighted by Crippen LogP contribution is -2.49. The lowest BCUT2D eigenvalue weighted by Gasteiger charge is -2.31.